The van der Waals surface area contributed by atoms with E-state index < -0.39 is 0 Å². The number of rotatable bonds is 4. The highest BCUT2D eigenvalue weighted by atomic mass is 16.6. The zero-order valence-corrected chi connectivity index (χ0v) is 13.8. The summed E-state index contributed by atoms with van der Waals surface area (Å²) in [6, 6.07) is 3.83. The van der Waals surface area contributed by atoms with E-state index in [1.54, 1.807) is 24.1 Å². The first kappa shape index (κ1) is 16.4. The van der Waals surface area contributed by atoms with Crippen molar-refractivity contribution in [2.24, 2.45) is 0 Å². The molecule has 0 unspecified atom stereocenters. The van der Waals surface area contributed by atoms with Gasteiger partial charge in [-0.2, -0.15) is 0 Å². The number of nitrogens with one attached hydrogen (secondary N) is 2. The minimum atomic E-state index is -0.253. The molecule has 8 nitrogen and oxygen atoms in total. The maximum atomic E-state index is 11.7. The van der Waals surface area contributed by atoms with Crippen LogP contribution in [0.5, 0.6) is 0 Å². The van der Waals surface area contributed by atoms with Crippen LogP contribution in [0.3, 0.4) is 0 Å². The Bertz CT molecular complexity index is 580. The van der Waals surface area contributed by atoms with Gasteiger partial charge in [0, 0.05) is 32.2 Å². The Morgan fingerprint density at radius 1 is 1.25 bits per heavy atom. The predicted octanol–water partition coefficient (Wildman–Crippen LogP) is 1.64. The normalized spacial score (nSPS) is 17.4. The highest BCUT2D eigenvalue weighted by molar-refractivity contribution is 5.88. The minimum Gasteiger partial charge on any atom is -0.450 e. The smallest absolute Gasteiger partial charge is 0.409 e. The van der Waals surface area contributed by atoms with Crippen LogP contribution in [0.1, 0.15) is 19.8 Å². The van der Waals surface area contributed by atoms with Crippen LogP contribution in [0.15, 0.2) is 18.3 Å². The Labute approximate surface area is 141 Å². The molecule has 3 amide bonds. The topological polar surface area (TPSA) is 86.8 Å². The monoisotopic (exact) mass is 333 g/mol. The van der Waals surface area contributed by atoms with E-state index in [0.29, 0.717) is 31.6 Å². The van der Waals surface area contributed by atoms with Crippen molar-refractivity contribution in [1.82, 2.24) is 15.2 Å². The quantitative estimate of drug-likeness (QED) is 0.875. The van der Waals surface area contributed by atoms with Crippen molar-refractivity contribution in [2.75, 3.05) is 43.0 Å². The largest absolute Gasteiger partial charge is 0.450 e. The molecule has 1 aliphatic carbocycles. The highest BCUT2D eigenvalue weighted by Crippen LogP contribution is 2.20. The molecule has 1 aliphatic heterocycles. The molecule has 0 spiro atoms. The summed E-state index contributed by atoms with van der Waals surface area (Å²) in [5.74, 6) is 0.530. The average molecular weight is 333 g/mol. The Morgan fingerprint density at radius 2 is 2.00 bits per heavy atom. The van der Waals surface area contributed by atoms with Crippen molar-refractivity contribution in [3.63, 3.8) is 0 Å². The van der Waals surface area contributed by atoms with Gasteiger partial charge < -0.3 is 19.9 Å². The second kappa shape index (κ2) is 7.37. The third-order valence-electron chi connectivity index (χ3n) is 4.07. The standard InChI is InChI=1S/C16H23N5O3/c1-2-24-16(23)21-9-7-20(8-10-21)13-5-6-14(17-11-13)19-15(22)18-12-3-4-12/h5-6,11-12H,2-4,7-10H2,1H3,(H2,17,18,19,22). The van der Waals surface area contributed by atoms with Gasteiger partial charge >= 0.3 is 12.1 Å². The summed E-state index contributed by atoms with van der Waals surface area (Å²) in [5, 5.41) is 5.59. The van der Waals surface area contributed by atoms with Crippen LogP contribution >= 0.6 is 0 Å². The van der Waals surface area contributed by atoms with Crippen LogP contribution in [-0.4, -0.2) is 60.8 Å². The fraction of sp³-hybridized carbons (Fsp3) is 0.562. The molecule has 3 rings (SSSR count). The first-order chi connectivity index (χ1) is 11.7. The van der Waals surface area contributed by atoms with Crippen LogP contribution in [0.25, 0.3) is 0 Å². The lowest BCUT2D eigenvalue weighted by Crippen LogP contribution is -2.49. The Kier molecular flexibility index (Phi) is 5.02. The second-order valence-corrected chi connectivity index (χ2v) is 5.95. The maximum Gasteiger partial charge on any atom is 0.409 e. The molecule has 1 aromatic rings. The minimum absolute atomic E-state index is 0.208. The summed E-state index contributed by atoms with van der Waals surface area (Å²) >= 11 is 0. The molecule has 2 heterocycles. The molecule has 2 aliphatic rings. The van der Waals surface area contributed by atoms with Gasteiger partial charge in [0.15, 0.2) is 0 Å². The average Bonchev–Trinajstić information content (AvgIpc) is 3.40. The summed E-state index contributed by atoms with van der Waals surface area (Å²) in [6.07, 6.45) is 3.60. The number of nitrogens with zero attached hydrogens (tertiary/aromatic N) is 3. The number of aromatic nitrogens is 1. The Balaban J connectivity index is 1.49. The lowest BCUT2D eigenvalue weighted by atomic mass is 10.3. The van der Waals surface area contributed by atoms with E-state index in [2.05, 4.69) is 20.5 Å². The summed E-state index contributed by atoms with van der Waals surface area (Å²) in [4.78, 5) is 31.5. The molecule has 0 aromatic carbocycles. The SMILES string of the molecule is CCOC(=O)N1CCN(c2ccc(NC(=O)NC3CC3)nc2)CC1. The fourth-order valence-electron chi connectivity index (χ4n) is 2.57. The van der Waals surface area contributed by atoms with Crippen LogP contribution < -0.4 is 15.5 Å². The van der Waals surface area contributed by atoms with E-state index in [9.17, 15) is 9.59 Å². The van der Waals surface area contributed by atoms with Crippen molar-refractivity contribution in [2.45, 2.75) is 25.8 Å². The number of carbonyl (C=O) groups is 2. The van der Waals surface area contributed by atoms with E-state index >= 15 is 0 Å². The zero-order valence-electron chi connectivity index (χ0n) is 13.8. The van der Waals surface area contributed by atoms with E-state index in [-0.39, 0.29) is 12.1 Å². The fourth-order valence-corrected chi connectivity index (χ4v) is 2.57. The number of carbonyl (C=O) groups excluding carboxylic acids is 2. The molecule has 8 heteroatoms. The molecular formula is C16H23N5O3. The molecule has 24 heavy (non-hydrogen) atoms. The number of anilines is 2. The van der Waals surface area contributed by atoms with Crippen molar-refractivity contribution in [1.29, 1.82) is 0 Å². The van der Waals surface area contributed by atoms with Gasteiger partial charge in [0.25, 0.3) is 0 Å². The zero-order chi connectivity index (χ0) is 16.9. The third kappa shape index (κ3) is 4.27. The number of urea groups is 1. The molecule has 0 radical (unpaired) electrons. The van der Waals surface area contributed by atoms with Crippen molar-refractivity contribution in [3.8, 4) is 0 Å². The Morgan fingerprint density at radius 3 is 2.58 bits per heavy atom. The van der Waals surface area contributed by atoms with Gasteiger partial charge in [-0.15, -0.1) is 0 Å². The van der Waals surface area contributed by atoms with Crippen LogP contribution in [0.2, 0.25) is 0 Å². The third-order valence-corrected chi connectivity index (χ3v) is 4.07. The van der Waals surface area contributed by atoms with Crippen molar-refractivity contribution < 1.29 is 14.3 Å². The predicted molar refractivity (Wildman–Crippen MR) is 90.2 cm³/mol. The molecule has 130 valence electrons. The van der Waals surface area contributed by atoms with E-state index in [0.717, 1.165) is 31.6 Å². The van der Waals surface area contributed by atoms with Gasteiger partial charge in [-0.05, 0) is 31.9 Å². The summed E-state index contributed by atoms with van der Waals surface area (Å²) in [7, 11) is 0. The van der Waals surface area contributed by atoms with E-state index in [1.807, 2.05) is 6.07 Å². The van der Waals surface area contributed by atoms with E-state index in [4.69, 9.17) is 4.74 Å². The maximum absolute atomic E-state index is 11.7. The summed E-state index contributed by atoms with van der Waals surface area (Å²) in [5.41, 5.74) is 0.978. The molecule has 0 atom stereocenters. The van der Waals surface area contributed by atoms with Gasteiger partial charge in [-0.1, -0.05) is 0 Å². The molecule has 1 aromatic heterocycles. The second-order valence-electron chi connectivity index (χ2n) is 5.95. The molecule has 1 saturated heterocycles. The number of hydrogen-bond acceptors (Lipinski definition) is 5. The number of pyridine rings is 1. The lowest BCUT2D eigenvalue weighted by molar-refractivity contribution is 0.105. The summed E-state index contributed by atoms with van der Waals surface area (Å²) in [6.45, 7) is 4.92. The van der Waals surface area contributed by atoms with Gasteiger partial charge in [-0.25, -0.2) is 14.6 Å². The number of amides is 3. The van der Waals surface area contributed by atoms with Crippen molar-refractivity contribution in [3.05, 3.63) is 18.3 Å². The first-order valence-corrected chi connectivity index (χ1v) is 8.36. The molecule has 0 bridgehead atoms. The molecular weight excluding hydrogens is 310 g/mol. The van der Waals surface area contributed by atoms with Gasteiger partial charge in [-0.3, -0.25) is 5.32 Å². The number of ether oxygens (including phenoxy) is 1. The van der Waals surface area contributed by atoms with Crippen LogP contribution in [0.4, 0.5) is 21.1 Å². The molecule has 1 saturated carbocycles. The van der Waals surface area contributed by atoms with Crippen LogP contribution in [0, 0.1) is 0 Å². The Hall–Kier alpha value is -2.51. The molecule has 2 N–H and O–H groups in total. The number of hydrogen-bond donors (Lipinski definition) is 2. The van der Waals surface area contributed by atoms with Crippen LogP contribution in [-0.2, 0) is 4.74 Å². The first-order valence-electron chi connectivity index (χ1n) is 8.36. The highest BCUT2D eigenvalue weighted by Gasteiger charge is 2.24. The summed E-state index contributed by atoms with van der Waals surface area (Å²) < 4.78 is 5.02. The van der Waals surface area contributed by atoms with Crippen molar-refractivity contribution >= 4 is 23.6 Å². The molecule has 2 fully saturated rings. The lowest BCUT2D eigenvalue weighted by Gasteiger charge is -2.35. The van der Waals surface area contributed by atoms with Gasteiger partial charge in [0.2, 0.25) is 0 Å². The number of piperazine rings is 1. The van der Waals surface area contributed by atoms with Gasteiger partial charge in [0.05, 0.1) is 18.5 Å². The van der Waals surface area contributed by atoms with E-state index in [1.165, 1.54) is 0 Å². The van der Waals surface area contributed by atoms with Gasteiger partial charge in [0.1, 0.15) is 5.82 Å².